The van der Waals surface area contributed by atoms with E-state index in [9.17, 15) is 9.90 Å². The quantitative estimate of drug-likeness (QED) is 0.847. The van der Waals surface area contributed by atoms with Gasteiger partial charge >= 0.3 is 5.97 Å². The molecule has 0 saturated carbocycles. The number of benzene rings is 2. The summed E-state index contributed by atoms with van der Waals surface area (Å²) in [6, 6.07) is 17.5. The van der Waals surface area contributed by atoms with Crippen LogP contribution in [0.15, 0.2) is 54.6 Å². The normalized spacial score (nSPS) is 12.1. The Hall–Kier alpha value is -2.13. The molecule has 0 heterocycles. The lowest BCUT2D eigenvalue weighted by atomic mass is 9.91. The van der Waals surface area contributed by atoms with E-state index in [1.54, 1.807) is 0 Å². The fourth-order valence-corrected chi connectivity index (χ4v) is 2.27. The van der Waals surface area contributed by atoms with Crippen molar-refractivity contribution in [2.75, 3.05) is 7.05 Å². The Morgan fingerprint density at radius 3 is 2.25 bits per heavy atom. The first-order valence-corrected chi connectivity index (χ1v) is 6.71. The molecule has 2 N–H and O–H groups in total. The van der Waals surface area contributed by atoms with Gasteiger partial charge in [0.2, 0.25) is 0 Å². The molecular formula is C17H19NO2. The molecule has 0 aliphatic heterocycles. The van der Waals surface area contributed by atoms with Crippen LogP contribution in [0, 0.1) is 0 Å². The van der Waals surface area contributed by atoms with Crippen molar-refractivity contribution >= 4 is 5.97 Å². The lowest BCUT2D eigenvalue weighted by Gasteiger charge is -2.13. The summed E-state index contributed by atoms with van der Waals surface area (Å²) < 4.78 is 0. The zero-order valence-electron chi connectivity index (χ0n) is 11.5. The Bertz CT molecular complexity index is 549. The summed E-state index contributed by atoms with van der Waals surface area (Å²) in [4.78, 5) is 11.5. The number of carbonyl (C=O) groups is 1. The van der Waals surface area contributed by atoms with Gasteiger partial charge in [-0.15, -0.1) is 0 Å². The highest BCUT2D eigenvalue weighted by molar-refractivity contribution is 5.76. The highest BCUT2D eigenvalue weighted by Crippen LogP contribution is 2.22. The van der Waals surface area contributed by atoms with Gasteiger partial charge in [0.25, 0.3) is 0 Å². The molecule has 0 aliphatic rings. The van der Waals surface area contributed by atoms with Gasteiger partial charge in [-0.05, 0) is 30.2 Å². The van der Waals surface area contributed by atoms with Crippen molar-refractivity contribution in [1.29, 1.82) is 0 Å². The maximum absolute atomic E-state index is 11.5. The molecule has 20 heavy (non-hydrogen) atoms. The summed E-state index contributed by atoms with van der Waals surface area (Å²) in [5, 5.41) is 12.5. The molecule has 0 aliphatic carbocycles. The van der Waals surface area contributed by atoms with Gasteiger partial charge in [0, 0.05) is 6.54 Å². The highest BCUT2D eigenvalue weighted by Gasteiger charge is 2.20. The largest absolute Gasteiger partial charge is 0.481 e. The zero-order valence-corrected chi connectivity index (χ0v) is 11.5. The smallest absolute Gasteiger partial charge is 0.311 e. The Labute approximate surface area is 119 Å². The van der Waals surface area contributed by atoms with E-state index in [2.05, 4.69) is 5.32 Å². The third-order valence-corrected chi connectivity index (χ3v) is 3.34. The van der Waals surface area contributed by atoms with Gasteiger partial charge < -0.3 is 10.4 Å². The first-order chi connectivity index (χ1) is 9.70. The number of aliphatic carboxylic acids is 1. The Balaban J connectivity index is 2.18. The molecule has 3 nitrogen and oxygen atoms in total. The van der Waals surface area contributed by atoms with Gasteiger partial charge in [0.1, 0.15) is 0 Å². The van der Waals surface area contributed by atoms with Gasteiger partial charge in [0.05, 0.1) is 5.92 Å². The van der Waals surface area contributed by atoms with Crippen molar-refractivity contribution in [1.82, 2.24) is 5.32 Å². The van der Waals surface area contributed by atoms with E-state index in [1.165, 1.54) is 0 Å². The van der Waals surface area contributed by atoms with Crippen LogP contribution in [-0.4, -0.2) is 18.1 Å². The van der Waals surface area contributed by atoms with Crippen LogP contribution in [0.2, 0.25) is 0 Å². The Kier molecular flexibility index (Phi) is 4.91. The third-order valence-electron chi connectivity index (χ3n) is 3.34. The van der Waals surface area contributed by atoms with Gasteiger partial charge in [-0.25, -0.2) is 0 Å². The topological polar surface area (TPSA) is 49.3 Å². The second-order valence-corrected chi connectivity index (χ2v) is 4.85. The number of carboxylic acids is 1. The average Bonchev–Trinajstić information content (AvgIpc) is 2.47. The minimum absolute atomic E-state index is 0.499. The molecule has 2 rings (SSSR count). The maximum Gasteiger partial charge on any atom is 0.311 e. The van der Waals surface area contributed by atoms with Crippen molar-refractivity contribution in [2.24, 2.45) is 0 Å². The molecule has 0 unspecified atom stereocenters. The molecule has 0 spiro atoms. The van der Waals surface area contributed by atoms with Crippen LogP contribution < -0.4 is 5.32 Å². The first-order valence-electron chi connectivity index (χ1n) is 6.71. The predicted molar refractivity (Wildman–Crippen MR) is 79.7 cm³/mol. The number of carboxylic acid groups (broad SMARTS) is 1. The number of rotatable bonds is 6. The minimum atomic E-state index is -0.782. The van der Waals surface area contributed by atoms with Crippen LogP contribution in [0.4, 0.5) is 0 Å². The molecule has 0 saturated heterocycles. The summed E-state index contributed by atoms with van der Waals surface area (Å²) >= 11 is 0. The van der Waals surface area contributed by atoms with Gasteiger partial charge in [0.15, 0.2) is 0 Å². The van der Waals surface area contributed by atoms with Crippen LogP contribution >= 0.6 is 0 Å². The van der Waals surface area contributed by atoms with Crippen molar-refractivity contribution in [2.45, 2.75) is 18.9 Å². The molecular weight excluding hydrogens is 250 g/mol. The van der Waals surface area contributed by atoms with Crippen LogP contribution in [0.5, 0.6) is 0 Å². The fraction of sp³-hybridized carbons (Fsp3) is 0.235. The summed E-state index contributed by atoms with van der Waals surface area (Å²) in [5.74, 6) is -1.28. The molecule has 1 atom stereocenters. The van der Waals surface area contributed by atoms with E-state index in [0.29, 0.717) is 6.42 Å². The van der Waals surface area contributed by atoms with Crippen molar-refractivity contribution in [3.05, 3.63) is 71.3 Å². The molecule has 0 radical (unpaired) electrons. The predicted octanol–water partition coefficient (Wildman–Crippen LogP) is 2.82. The van der Waals surface area contributed by atoms with Gasteiger partial charge in [-0.2, -0.15) is 0 Å². The molecule has 0 fully saturated rings. The average molecular weight is 269 g/mol. The second-order valence-electron chi connectivity index (χ2n) is 4.85. The summed E-state index contributed by atoms with van der Waals surface area (Å²) in [5.41, 5.74) is 3.04. The summed E-state index contributed by atoms with van der Waals surface area (Å²) in [7, 11) is 1.89. The monoisotopic (exact) mass is 269 g/mol. The Morgan fingerprint density at radius 1 is 1.05 bits per heavy atom. The van der Waals surface area contributed by atoms with E-state index in [-0.39, 0.29) is 0 Å². The lowest BCUT2D eigenvalue weighted by molar-refractivity contribution is -0.138. The minimum Gasteiger partial charge on any atom is -0.481 e. The highest BCUT2D eigenvalue weighted by atomic mass is 16.4. The molecule has 0 amide bonds. The van der Waals surface area contributed by atoms with Gasteiger partial charge in [-0.1, -0.05) is 54.6 Å². The fourth-order valence-electron chi connectivity index (χ4n) is 2.27. The van der Waals surface area contributed by atoms with E-state index >= 15 is 0 Å². The number of hydrogen-bond acceptors (Lipinski definition) is 2. The van der Waals surface area contributed by atoms with Crippen molar-refractivity contribution < 1.29 is 9.90 Å². The van der Waals surface area contributed by atoms with Crippen molar-refractivity contribution in [3.63, 3.8) is 0 Å². The molecule has 0 aromatic heterocycles. The first kappa shape index (κ1) is 14.3. The second kappa shape index (κ2) is 6.87. The molecule has 0 bridgehead atoms. The summed E-state index contributed by atoms with van der Waals surface area (Å²) in [6.45, 7) is 0.788. The third kappa shape index (κ3) is 3.68. The number of hydrogen-bond donors (Lipinski definition) is 2. The standard InChI is InChI=1S/C17H19NO2/c1-18-12-14-7-9-15(10-8-14)16(17(19)20)11-13-5-3-2-4-6-13/h2-10,16,18H,11-12H2,1H3,(H,19,20)/t16-/m1/s1. The van der Waals surface area contributed by atoms with E-state index in [4.69, 9.17) is 0 Å². The lowest BCUT2D eigenvalue weighted by Crippen LogP contribution is -2.14. The Morgan fingerprint density at radius 2 is 1.70 bits per heavy atom. The van der Waals surface area contributed by atoms with Crippen LogP contribution in [0.3, 0.4) is 0 Å². The van der Waals surface area contributed by atoms with E-state index < -0.39 is 11.9 Å². The van der Waals surface area contributed by atoms with Crippen molar-refractivity contribution in [3.8, 4) is 0 Å². The summed E-state index contributed by atoms with van der Waals surface area (Å²) in [6.07, 6.45) is 0.515. The van der Waals surface area contributed by atoms with Gasteiger partial charge in [-0.3, -0.25) is 4.79 Å². The van der Waals surface area contributed by atoms with Crippen LogP contribution in [-0.2, 0) is 17.8 Å². The molecule has 2 aromatic carbocycles. The SMILES string of the molecule is CNCc1ccc([C@@H](Cc2ccccc2)C(=O)O)cc1. The molecule has 3 heteroatoms. The maximum atomic E-state index is 11.5. The van der Waals surface area contributed by atoms with Crippen LogP contribution in [0.25, 0.3) is 0 Å². The van der Waals surface area contributed by atoms with E-state index in [1.807, 2.05) is 61.6 Å². The zero-order chi connectivity index (χ0) is 14.4. The van der Waals surface area contributed by atoms with Crippen LogP contribution in [0.1, 0.15) is 22.6 Å². The number of nitrogens with one attached hydrogen (secondary N) is 1. The molecule has 2 aromatic rings. The van der Waals surface area contributed by atoms with E-state index in [0.717, 1.165) is 23.2 Å². The molecule has 104 valence electrons.